The number of hydrogen-bond acceptors (Lipinski definition) is 10. The number of hydrogen-bond donors (Lipinski definition) is 4. The second-order valence-electron chi connectivity index (χ2n) is 9.04. The summed E-state index contributed by atoms with van der Waals surface area (Å²) in [6.45, 7) is 4.94. The van der Waals surface area contributed by atoms with E-state index in [1.54, 1.807) is 0 Å². The maximum absolute atomic E-state index is 13.2. The van der Waals surface area contributed by atoms with Crippen molar-refractivity contribution in [3.05, 3.63) is 35.4 Å². The minimum Gasteiger partial charge on any atom is -0.388 e. The number of aromatic nitrogens is 2. The normalized spacial score (nSPS) is 23.4. The number of halogens is 3. The molecule has 3 aliphatic heterocycles. The van der Waals surface area contributed by atoms with Gasteiger partial charge in [-0.3, -0.25) is 4.90 Å². The van der Waals surface area contributed by atoms with Gasteiger partial charge in [0, 0.05) is 44.1 Å². The van der Waals surface area contributed by atoms with Gasteiger partial charge in [0.15, 0.2) is 0 Å². The molecule has 0 bridgehead atoms. The Morgan fingerprint density at radius 3 is 2.56 bits per heavy atom. The predicted octanol–water partition coefficient (Wildman–Crippen LogP) is 1.93. The molecule has 1 aromatic carbocycles. The molecule has 0 radical (unpaired) electrons. The van der Waals surface area contributed by atoms with E-state index in [4.69, 9.17) is 14.9 Å². The summed E-state index contributed by atoms with van der Waals surface area (Å²) in [7, 11) is 0. The van der Waals surface area contributed by atoms with Gasteiger partial charge in [0.1, 0.15) is 11.6 Å². The van der Waals surface area contributed by atoms with E-state index in [9.17, 15) is 18.3 Å². The average Bonchev–Trinajstić information content (AvgIpc) is 3.23. The molecule has 2 atom stereocenters. The van der Waals surface area contributed by atoms with Gasteiger partial charge in [-0.2, -0.15) is 23.1 Å². The number of benzene rings is 1. The highest BCUT2D eigenvalue weighted by atomic mass is 19.4. The summed E-state index contributed by atoms with van der Waals surface area (Å²) in [6.07, 6.45) is -4.13. The van der Waals surface area contributed by atoms with Crippen LogP contribution in [0.25, 0.3) is 0 Å². The number of nitrogens with one attached hydrogen (secondary N) is 3. The van der Waals surface area contributed by atoms with E-state index in [0.29, 0.717) is 43.7 Å². The van der Waals surface area contributed by atoms with Gasteiger partial charge >= 0.3 is 6.18 Å². The lowest BCUT2D eigenvalue weighted by Crippen LogP contribution is -2.62. The zero-order valence-electron chi connectivity index (χ0n) is 19.5. The van der Waals surface area contributed by atoms with Crippen LogP contribution >= 0.6 is 0 Å². The smallest absolute Gasteiger partial charge is 0.388 e. The second kappa shape index (κ2) is 10.2. The molecule has 3 fully saturated rings. The van der Waals surface area contributed by atoms with Crippen molar-refractivity contribution in [3.8, 4) is 0 Å². The first kappa shape index (κ1) is 24.7. The Labute approximate surface area is 205 Å². The zero-order chi connectivity index (χ0) is 25.3. The number of nitrogens with zero attached hydrogens (tertiary/aromatic N) is 4. The van der Waals surface area contributed by atoms with Gasteiger partial charge in [-0.15, -0.1) is 0 Å². The Hall–Kier alpha value is -3.00. The van der Waals surface area contributed by atoms with Crippen molar-refractivity contribution in [1.82, 2.24) is 14.9 Å². The lowest BCUT2D eigenvalue weighted by molar-refractivity contribution is -0.137. The van der Waals surface area contributed by atoms with Crippen molar-refractivity contribution < 1.29 is 27.8 Å². The van der Waals surface area contributed by atoms with Crippen molar-refractivity contribution in [2.45, 2.75) is 24.4 Å². The van der Waals surface area contributed by atoms with E-state index in [1.807, 2.05) is 4.90 Å². The molecular formula is C23H28F3N7O3. The molecule has 5 rings (SSSR count). The Balaban J connectivity index is 1.44. The maximum Gasteiger partial charge on any atom is 0.416 e. The van der Waals surface area contributed by atoms with Gasteiger partial charge in [-0.25, -0.2) is 0 Å². The number of aliphatic hydroxyl groups excluding tert-OH is 1. The minimum atomic E-state index is -4.49. The standard InChI is InChI=1S/C23H28F3N7O3/c24-23(25,26)14-2-1-3-15(8-14)28-20-17(9-27)21(31-22(30-20)29-18-12-36-13-19(18)34)33-10-16(11-33)32-4-6-35-7-5-32/h1-3,8-9,16,18-19,27,34H,4-7,10-13H2,(H2,28,29,30,31)/t18-,19-/m0/s1. The van der Waals surface area contributed by atoms with Crippen LogP contribution in [-0.2, 0) is 15.7 Å². The summed E-state index contributed by atoms with van der Waals surface area (Å²) in [6, 6.07) is 4.70. The fourth-order valence-electron chi connectivity index (χ4n) is 4.55. The molecule has 0 unspecified atom stereocenters. The molecule has 4 heterocycles. The zero-order valence-corrected chi connectivity index (χ0v) is 19.5. The fraction of sp³-hybridized carbons (Fsp3) is 0.522. The second-order valence-corrected chi connectivity index (χ2v) is 9.04. The Kier molecular flexibility index (Phi) is 6.97. The fourth-order valence-corrected chi connectivity index (χ4v) is 4.55. The molecule has 1 aromatic heterocycles. The third-order valence-electron chi connectivity index (χ3n) is 6.61. The van der Waals surface area contributed by atoms with Crippen LogP contribution in [0.4, 0.5) is 36.4 Å². The highest BCUT2D eigenvalue weighted by molar-refractivity contribution is 5.93. The number of ether oxygens (including phenoxy) is 2. The highest BCUT2D eigenvalue weighted by Crippen LogP contribution is 2.34. The van der Waals surface area contributed by atoms with Crippen LogP contribution in [0, 0.1) is 5.41 Å². The van der Waals surface area contributed by atoms with Gasteiger partial charge in [-0.05, 0) is 18.2 Å². The first-order valence-electron chi connectivity index (χ1n) is 11.8. The molecule has 36 heavy (non-hydrogen) atoms. The van der Waals surface area contributed by atoms with Gasteiger partial charge in [0.05, 0.1) is 49.7 Å². The molecule has 10 nitrogen and oxygen atoms in total. The van der Waals surface area contributed by atoms with Crippen LogP contribution in [0.1, 0.15) is 11.1 Å². The quantitative estimate of drug-likeness (QED) is 0.417. The summed E-state index contributed by atoms with van der Waals surface area (Å²) >= 11 is 0. The summed E-state index contributed by atoms with van der Waals surface area (Å²) in [4.78, 5) is 13.5. The van der Waals surface area contributed by atoms with Crippen LogP contribution in [-0.4, -0.2) is 97.0 Å². The number of rotatable bonds is 7. The van der Waals surface area contributed by atoms with Gasteiger partial charge in [0.25, 0.3) is 0 Å². The minimum absolute atomic E-state index is 0.183. The summed E-state index contributed by atoms with van der Waals surface area (Å²) in [5, 5.41) is 24.2. The molecule has 0 saturated carbocycles. The molecule has 0 amide bonds. The Bertz CT molecular complexity index is 1090. The monoisotopic (exact) mass is 507 g/mol. The van der Waals surface area contributed by atoms with E-state index in [2.05, 4.69) is 25.5 Å². The lowest BCUT2D eigenvalue weighted by atomic mass is 10.1. The maximum atomic E-state index is 13.2. The first-order chi connectivity index (χ1) is 17.3. The predicted molar refractivity (Wildman–Crippen MR) is 127 cm³/mol. The van der Waals surface area contributed by atoms with E-state index in [0.717, 1.165) is 31.4 Å². The third kappa shape index (κ3) is 5.24. The highest BCUT2D eigenvalue weighted by Gasteiger charge is 2.36. The number of aliphatic hydroxyl groups is 1. The van der Waals surface area contributed by atoms with Crippen LogP contribution in [0.15, 0.2) is 24.3 Å². The summed E-state index contributed by atoms with van der Waals surface area (Å²) < 4.78 is 50.4. The molecule has 3 aliphatic rings. The van der Waals surface area contributed by atoms with Gasteiger partial charge in [-0.1, -0.05) is 6.07 Å². The summed E-state index contributed by atoms with van der Waals surface area (Å²) in [5.74, 6) is 0.879. The Morgan fingerprint density at radius 2 is 1.89 bits per heavy atom. The van der Waals surface area contributed by atoms with Gasteiger partial charge < -0.3 is 35.5 Å². The van der Waals surface area contributed by atoms with E-state index in [1.165, 1.54) is 12.1 Å². The van der Waals surface area contributed by atoms with Crippen molar-refractivity contribution >= 4 is 29.5 Å². The third-order valence-corrected chi connectivity index (χ3v) is 6.61. The molecule has 0 aliphatic carbocycles. The number of alkyl halides is 3. The number of anilines is 4. The summed E-state index contributed by atoms with van der Waals surface area (Å²) in [5.41, 5.74) is -0.247. The van der Waals surface area contributed by atoms with E-state index < -0.39 is 23.9 Å². The Morgan fingerprint density at radius 1 is 1.11 bits per heavy atom. The van der Waals surface area contributed by atoms with Crippen LogP contribution in [0.3, 0.4) is 0 Å². The van der Waals surface area contributed by atoms with E-state index >= 15 is 0 Å². The molecule has 0 spiro atoms. The largest absolute Gasteiger partial charge is 0.416 e. The van der Waals surface area contributed by atoms with E-state index in [-0.39, 0.29) is 30.7 Å². The van der Waals surface area contributed by atoms with Crippen molar-refractivity contribution in [3.63, 3.8) is 0 Å². The SMILES string of the molecule is N=Cc1c(Nc2cccc(C(F)(F)F)c2)nc(N[C@H]2COC[C@@H]2O)nc1N1CC(N2CCOCC2)C1. The molecule has 4 N–H and O–H groups in total. The molecule has 3 saturated heterocycles. The lowest BCUT2D eigenvalue weighted by Gasteiger charge is -2.47. The molecule has 2 aromatic rings. The van der Waals surface area contributed by atoms with Crippen molar-refractivity contribution in [1.29, 1.82) is 5.41 Å². The van der Waals surface area contributed by atoms with Crippen molar-refractivity contribution in [2.75, 3.05) is 68.1 Å². The molecular weight excluding hydrogens is 479 g/mol. The molecule has 194 valence electrons. The topological polar surface area (TPSA) is 119 Å². The van der Waals surface area contributed by atoms with Gasteiger partial charge in [0.2, 0.25) is 5.95 Å². The van der Waals surface area contributed by atoms with Crippen LogP contribution in [0.5, 0.6) is 0 Å². The first-order valence-corrected chi connectivity index (χ1v) is 11.8. The van der Waals surface area contributed by atoms with Crippen molar-refractivity contribution in [2.24, 2.45) is 0 Å². The average molecular weight is 508 g/mol. The van der Waals surface area contributed by atoms with Crippen LogP contribution < -0.4 is 15.5 Å². The van der Waals surface area contributed by atoms with Crippen LogP contribution in [0.2, 0.25) is 0 Å². The number of morpholine rings is 1. The molecule has 13 heteroatoms.